The first-order valence-corrected chi connectivity index (χ1v) is 6.65. The first-order valence-electron chi connectivity index (χ1n) is 6.65. The molecule has 0 heterocycles. The lowest BCUT2D eigenvalue weighted by atomic mass is 10.2. The molecule has 0 bridgehead atoms. The van der Waals surface area contributed by atoms with Crippen molar-refractivity contribution in [3.8, 4) is 23.3 Å². The van der Waals surface area contributed by atoms with Crippen LogP contribution < -0.4 is 14.2 Å². The summed E-state index contributed by atoms with van der Waals surface area (Å²) in [5.74, 6) is 0.768. The molecule has 0 unspecified atom stereocenters. The number of rotatable bonds is 5. The third-order valence-corrected chi connectivity index (χ3v) is 2.91. The van der Waals surface area contributed by atoms with Crippen molar-refractivity contribution in [2.45, 2.75) is 13.0 Å². The fourth-order valence-corrected chi connectivity index (χ4v) is 1.75. The molecular formula is C17H15NO4. The average molecular weight is 297 g/mol. The number of nitrogens with zero attached hydrogens (tertiary/aromatic N) is 1. The highest BCUT2D eigenvalue weighted by Crippen LogP contribution is 2.26. The lowest BCUT2D eigenvalue weighted by Crippen LogP contribution is -2.28. The van der Waals surface area contributed by atoms with Gasteiger partial charge in [0.1, 0.15) is 5.75 Å². The maximum atomic E-state index is 12.1. The summed E-state index contributed by atoms with van der Waals surface area (Å²) in [5, 5.41) is 8.74. The van der Waals surface area contributed by atoms with Crippen LogP contribution in [0.4, 0.5) is 0 Å². The van der Waals surface area contributed by atoms with Crippen molar-refractivity contribution < 1.29 is 19.0 Å². The zero-order valence-corrected chi connectivity index (χ0v) is 12.3. The van der Waals surface area contributed by atoms with Crippen molar-refractivity contribution in [3.05, 3.63) is 54.1 Å². The second-order valence-electron chi connectivity index (χ2n) is 4.47. The number of benzene rings is 2. The zero-order valence-electron chi connectivity index (χ0n) is 12.3. The number of hydrogen-bond acceptors (Lipinski definition) is 5. The van der Waals surface area contributed by atoms with Crippen LogP contribution in [-0.2, 0) is 4.79 Å². The Hall–Kier alpha value is -3.00. The molecule has 5 nitrogen and oxygen atoms in total. The SMILES string of the molecule is COc1ccccc1OC(=O)[C@H](C)Oc1ccc(C#N)cc1. The predicted molar refractivity (Wildman–Crippen MR) is 79.9 cm³/mol. The predicted octanol–water partition coefficient (Wildman–Crippen LogP) is 2.94. The van der Waals surface area contributed by atoms with E-state index in [1.807, 2.05) is 6.07 Å². The highest BCUT2D eigenvalue weighted by Gasteiger charge is 2.19. The largest absolute Gasteiger partial charge is 0.493 e. The van der Waals surface area contributed by atoms with Crippen molar-refractivity contribution in [2.75, 3.05) is 7.11 Å². The Balaban J connectivity index is 2.01. The average Bonchev–Trinajstić information content (AvgIpc) is 2.56. The number of hydrogen-bond donors (Lipinski definition) is 0. The highest BCUT2D eigenvalue weighted by atomic mass is 16.6. The molecule has 2 aromatic carbocycles. The topological polar surface area (TPSA) is 68.6 Å². The minimum Gasteiger partial charge on any atom is -0.493 e. The number of nitriles is 1. The molecule has 0 aliphatic carbocycles. The van der Waals surface area contributed by atoms with E-state index in [2.05, 4.69) is 0 Å². The van der Waals surface area contributed by atoms with E-state index in [-0.39, 0.29) is 0 Å². The Bertz CT molecular complexity index is 689. The Morgan fingerprint density at radius 1 is 1.09 bits per heavy atom. The first-order chi connectivity index (χ1) is 10.6. The Labute approximate surface area is 128 Å². The van der Waals surface area contributed by atoms with Gasteiger partial charge in [-0.05, 0) is 43.3 Å². The molecule has 0 radical (unpaired) electrons. The van der Waals surface area contributed by atoms with E-state index in [1.165, 1.54) is 7.11 Å². The molecule has 5 heteroatoms. The van der Waals surface area contributed by atoms with Crippen LogP contribution in [0.5, 0.6) is 17.2 Å². The van der Waals surface area contributed by atoms with Gasteiger partial charge >= 0.3 is 5.97 Å². The Morgan fingerprint density at radius 3 is 2.32 bits per heavy atom. The maximum Gasteiger partial charge on any atom is 0.352 e. The second-order valence-corrected chi connectivity index (χ2v) is 4.47. The smallest absolute Gasteiger partial charge is 0.352 e. The van der Waals surface area contributed by atoms with E-state index >= 15 is 0 Å². The minimum absolute atomic E-state index is 0.338. The van der Waals surface area contributed by atoms with E-state index in [4.69, 9.17) is 19.5 Å². The van der Waals surface area contributed by atoms with Crippen LogP contribution in [0.1, 0.15) is 12.5 Å². The number of carbonyl (C=O) groups is 1. The molecule has 0 aliphatic heterocycles. The van der Waals surface area contributed by atoms with Crippen molar-refractivity contribution in [3.63, 3.8) is 0 Å². The van der Waals surface area contributed by atoms with Gasteiger partial charge in [-0.25, -0.2) is 4.79 Å². The van der Waals surface area contributed by atoms with Crippen LogP contribution in [0.2, 0.25) is 0 Å². The molecule has 112 valence electrons. The lowest BCUT2D eigenvalue weighted by Gasteiger charge is -2.15. The Morgan fingerprint density at radius 2 is 1.73 bits per heavy atom. The van der Waals surface area contributed by atoms with Gasteiger partial charge in [-0.1, -0.05) is 12.1 Å². The molecule has 22 heavy (non-hydrogen) atoms. The number of methoxy groups -OCH3 is 1. The van der Waals surface area contributed by atoms with Gasteiger partial charge in [0.2, 0.25) is 0 Å². The number of para-hydroxylation sites is 2. The van der Waals surface area contributed by atoms with Gasteiger partial charge in [-0.2, -0.15) is 5.26 Å². The number of carbonyl (C=O) groups excluding carboxylic acids is 1. The fourth-order valence-electron chi connectivity index (χ4n) is 1.75. The third-order valence-electron chi connectivity index (χ3n) is 2.91. The van der Waals surface area contributed by atoms with Crippen LogP contribution in [0.25, 0.3) is 0 Å². The lowest BCUT2D eigenvalue weighted by molar-refractivity contribution is -0.141. The highest BCUT2D eigenvalue weighted by molar-refractivity contribution is 5.77. The van der Waals surface area contributed by atoms with E-state index < -0.39 is 12.1 Å². The maximum absolute atomic E-state index is 12.1. The van der Waals surface area contributed by atoms with E-state index in [0.29, 0.717) is 22.8 Å². The molecule has 0 saturated carbocycles. The van der Waals surface area contributed by atoms with E-state index in [0.717, 1.165) is 0 Å². The summed E-state index contributed by atoms with van der Waals surface area (Å²) in [6.45, 7) is 1.59. The standard InChI is InChI=1S/C17H15NO4/c1-12(21-14-9-7-13(11-18)8-10-14)17(19)22-16-6-4-3-5-15(16)20-2/h3-10,12H,1-2H3/t12-/m0/s1. The van der Waals surface area contributed by atoms with Gasteiger partial charge < -0.3 is 14.2 Å². The summed E-state index contributed by atoms with van der Waals surface area (Å²) in [4.78, 5) is 12.1. The summed E-state index contributed by atoms with van der Waals surface area (Å²) in [6.07, 6.45) is -0.794. The Kier molecular flexibility index (Phi) is 4.99. The quantitative estimate of drug-likeness (QED) is 0.627. The van der Waals surface area contributed by atoms with Crippen LogP contribution in [0.15, 0.2) is 48.5 Å². The second kappa shape index (κ2) is 7.14. The summed E-state index contributed by atoms with van der Waals surface area (Å²) in [7, 11) is 1.50. The van der Waals surface area contributed by atoms with Crippen LogP contribution in [-0.4, -0.2) is 19.2 Å². The van der Waals surface area contributed by atoms with Crippen LogP contribution >= 0.6 is 0 Å². The summed E-state index contributed by atoms with van der Waals surface area (Å²) >= 11 is 0. The number of ether oxygens (including phenoxy) is 3. The van der Waals surface area contributed by atoms with Gasteiger partial charge in [0.05, 0.1) is 18.7 Å². The molecule has 0 saturated heterocycles. The molecule has 0 amide bonds. The van der Waals surface area contributed by atoms with Crippen LogP contribution in [0, 0.1) is 11.3 Å². The van der Waals surface area contributed by atoms with Crippen molar-refractivity contribution in [1.82, 2.24) is 0 Å². The van der Waals surface area contributed by atoms with Gasteiger partial charge in [-0.3, -0.25) is 0 Å². The molecule has 0 N–H and O–H groups in total. The van der Waals surface area contributed by atoms with E-state index in [1.54, 1.807) is 55.5 Å². The van der Waals surface area contributed by atoms with Crippen molar-refractivity contribution in [1.29, 1.82) is 5.26 Å². The van der Waals surface area contributed by atoms with Gasteiger partial charge in [0, 0.05) is 0 Å². The van der Waals surface area contributed by atoms with E-state index in [9.17, 15) is 4.79 Å². The van der Waals surface area contributed by atoms with Gasteiger partial charge in [0.15, 0.2) is 17.6 Å². The molecule has 0 fully saturated rings. The summed E-state index contributed by atoms with van der Waals surface area (Å²) in [6, 6.07) is 15.4. The minimum atomic E-state index is -0.794. The monoisotopic (exact) mass is 297 g/mol. The van der Waals surface area contributed by atoms with Gasteiger partial charge in [0.25, 0.3) is 0 Å². The van der Waals surface area contributed by atoms with Gasteiger partial charge in [-0.15, -0.1) is 0 Å². The number of esters is 1. The summed E-state index contributed by atoms with van der Waals surface area (Å²) in [5.41, 5.74) is 0.525. The summed E-state index contributed by atoms with van der Waals surface area (Å²) < 4.78 is 15.9. The molecule has 0 spiro atoms. The zero-order chi connectivity index (χ0) is 15.9. The molecule has 1 atom stereocenters. The third kappa shape index (κ3) is 3.76. The fraction of sp³-hybridized carbons (Fsp3) is 0.176. The molecule has 0 aromatic heterocycles. The molecule has 0 aliphatic rings. The normalized spacial score (nSPS) is 11.1. The molecule has 2 aromatic rings. The molecule has 2 rings (SSSR count). The van der Waals surface area contributed by atoms with Crippen molar-refractivity contribution >= 4 is 5.97 Å². The molecular weight excluding hydrogens is 282 g/mol. The van der Waals surface area contributed by atoms with Crippen molar-refractivity contribution in [2.24, 2.45) is 0 Å². The first kappa shape index (κ1) is 15.4. The van der Waals surface area contributed by atoms with Crippen LogP contribution in [0.3, 0.4) is 0 Å².